The third kappa shape index (κ3) is 2.77. The molecule has 0 amide bonds. The van der Waals surface area contributed by atoms with E-state index in [9.17, 15) is 9.90 Å². The number of aliphatic hydroxyl groups is 1. The molecule has 1 fully saturated rings. The fourth-order valence-electron chi connectivity index (χ4n) is 2.16. The molecule has 0 saturated carbocycles. The Morgan fingerprint density at radius 2 is 1.71 bits per heavy atom. The van der Waals surface area contributed by atoms with Crippen LogP contribution in [0.25, 0.3) is 0 Å². The lowest BCUT2D eigenvalue weighted by atomic mass is 10.1. The highest BCUT2D eigenvalue weighted by molar-refractivity contribution is 5.74. The number of carboxylic acids is 1. The summed E-state index contributed by atoms with van der Waals surface area (Å²) in [4.78, 5) is 12.9. The second-order valence-corrected chi connectivity index (χ2v) is 4.38. The van der Waals surface area contributed by atoms with Crippen LogP contribution in [0, 0.1) is 0 Å². The molecule has 1 aromatic rings. The van der Waals surface area contributed by atoms with Gasteiger partial charge < -0.3 is 15.1 Å². The van der Waals surface area contributed by atoms with Crippen LogP contribution in [0.4, 0.5) is 5.69 Å². The van der Waals surface area contributed by atoms with Crippen molar-refractivity contribution in [2.24, 2.45) is 0 Å². The van der Waals surface area contributed by atoms with Crippen molar-refractivity contribution in [3.63, 3.8) is 0 Å². The number of carbonyl (C=O) groups is 1. The predicted octanol–water partition coefficient (Wildman–Crippen LogP) is 1.79. The van der Waals surface area contributed by atoms with Crippen LogP contribution in [-0.2, 0) is 4.79 Å². The van der Waals surface area contributed by atoms with Gasteiger partial charge in [-0.2, -0.15) is 0 Å². The van der Waals surface area contributed by atoms with Gasteiger partial charge in [0.2, 0.25) is 0 Å². The molecular weight excluding hydrogens is 218 g/mol. The molecule has 0 aromatic heterocycles. The fourth-order valence-corrected chi connectivity index (χ4v) is 2.16. The van der Waals surface area contributed by atoms with Gasteiger partial charge in [0.05, 0.1) is 0 Å². The van der Waals surface area contributed by atoms with Gasteiger partial charge in [-0.25, -0.2) is 4.79 Å². The molecule has 2 N–H and O–H groups in total. The first-order chi connectivity index (χ1) is 8.18. The van der Waals surface area contributed by atoms with Crippen molar-refractivity contribution >= 4 is 11.7 Å². The second-order valence-electron chi connectivity index (χ2n) is 4.38. The summed E-state index contributed by atoms with van der Waals surface area (Å²) in [6.07, 6.45) is 2.27. The van der Waals surface area contributed by atoms with Crippen LogP contribution < -0.4 is 4.90 Å². The van der Waals surface area contributed by atoms with Crippen LogP contribution in [0.2, 0.25) is 0 Å². The predicted molar refractivity (Wildman–Crippen MR) is 65.1 cm³/mol. The van der Waals surface area contributed by atoms with E-state index in [0.29, 0.717) is 5.56 Å². The summed E-state index contributed by atoms with van der Waals surface area (Å²) < 4.78 is 0. The maximum absolute atomic E-state index is 10.6. The quantitative estimate of drug-likeness (QED) is 0.838. The summed E-state index contributed by atoms with van der Waals surface area (Å²) in [6, 6.07) is 7.13. The maximum atomic E-state index is 10.6. The lowest BCUT2D eigenvalue weighted by Gasteiger charge is -2.29. The van der Waals surface area contributed by atoms with Crippen molar-refractivity contribution in [3.8, 4) is 0 Å². The molecule has 92 valence electrons. The molecule has 2 rings (SSSR count). The van der Waals surface area contributed by atoms with E-state index in [1.165, 1.54) is 19.3 Å². The monoisotopic (exact) mass is 235 g/mol. The number of aliphatic carboxylic acids is 1. The molecule has 1 aromatic carbocycles. The first kappa shape index (κ1) is 11.9. The van der Waals surface area contributed by atoms with Gasteiger partial charge in [-0.3, -0.25) is 0 Å². The SMILES string of the molecule is O=C(O)C(O)c1ccc(N2CCCCC2)cc1. The van der Waals surface area contributed by atoms with Crippen LogP contribution in [0.1, 0.15) is 30.9 Å². The van der Waals surface area contributed by atoms with E-state index in [1.54, 1.807) is 12.1 Å². The normalized spacial score (nSPS) is 17.8. The molecule has 1 aliphatic heterocycles. The van der Waals surface area contributed by atoms with E-state index >= 15 is 0 Å². The molecule has 4 heteroatoms. The molecule has 1 saturated heterocycles. The Kier molecular flexibility index (Phi) is 3.64. The Balaban J connectivity index is 2.09. The fraction of sp³-hybridized carbons (Fsp3) is 0.462. The van der Waals surface area contributed by atoms with Gasteiger partial charge in [0.1, 0.15) is 0 Å². The molecular formula is C13H17NO3. The van der Waals surface area contributed by atoms with E-state index < -0.39 is 12.1 Å². The van der Waals surface area contributed by atoms with Gasteiger partial charge in [0, 0.05) is 18.8 Å². The lowest BCUT2D eigenvalue weighted by molar-refractivity contribution is -0.146. The zero-order valence-electron chi connectivity index (χ0n) is 9.67. The van der Waals surface area contributed by atoms with E-state index in [-0.39, 0.29) is 0 Å². The summed E-state index contributed by atoms with van der Waals surface area (Å²) in [5.41, 5.74) is 1.53. The average molecular weight is 235 g/mol. The standard InChI is InChI=1S/C13H17NO3/c15-12(13(16)17)10-4-6-11(7-5-10)14-8-2-1-3-9-14/h4-7,12,15H,1-3,8-9H2,(H,16,17). The van der Waals surface area contributed by atoms with Crippen LogP contribution >= 0.6 is 0 Å². The topological polar surface area (TPSA) is 60.8 Å². The van der Waals surface area contributed by atoms with Gasteiger partial charge in [0.15, 0.2) is 6.10 Å². The molecule has 4 nitrogen and oxygen atoms in total. The average Bonchev–Trinajstić information content (AvgIpc) is 2.39. The second kappa shape index (κ2) is 5.19. The van der Waals surface area contributed by atoms with Crippen LogP contribution in [-0.4, -0.2) is 29.3 Å². The van der Waals surface area contributed by atoms with Crippen molar-refractivity contribution in [3.05, 3.63) is 29.8 Å². The van der Waals surface area contributed by atoms with E-state index in [0.717, 1.165) is 18.8 Å². The summed E-state index contributed by atoms with van der Waals surface area (Å²) >= 11 is 0. The number of piperidine rings is 1. The zero-order valence-corrected chi connectivity index (χ0v) is 9.67. The van der Waals surface area contributed by atoms with Gasteiger partial charge in [-0.15, -0.1) is 0 Å². The Hall–Kier alpha value is -1.55. The summed E-state index contributed by atoms with van der Waals surface area (Å²) in [6.45, 7) is 2.11. The first-order valence-corrected chi connectivity index (χ1v) is 5.94. The van der Waals surface area contributed by atoms with Gasteiger partial charge in [-0.1, -0.05) is 12.1 Å². The largest absolute Gasteiger partial charge is 0.479 e. The minimum atomic E-state index is -1.43. The number of anilines is 1. The minimum absolute atomic E-state index is 0.429. The smallest absolute Gasteiger partial charge is 0.337 e. The Labute approximate surface area is 100 Å². The number of hydrogen-bond donors (Lipinski definition) is 2. The molecule has 1 unspecified atom stereocenters. The van der Waals surface area contributed by atoms with E-state index in [4.69, 9.17) is 5.11 Å². The number of carboxylic acid groups (broad SMARTS) is 1. The third-order valence-corrected chi connectivity index (χ3v) is 3.16. The van der Waals surface area contributed by atoms with Crippen LogP contribution in [0.5, 0.6) is 0 Å². The molecule has 1 aliphatic rings. The molecule has 17 heavy (non-hydrogen) atoms. The maximum Gasteiger partial charge on any atom is 0.337 e. The number of nitrogens with zero attached hydrogens (tertiary/aromatic N) is 1. The van der Waals surface area contributed by atoms with E-state index in [2.05, 4.69) is 4.90 Å². The van der Waals surface area contributed by atoms with Gasteiger partial charge in [-0.05, 0) is 37.0 Å². The molecule has 0 spiro atoms. The van der Waals surface area contributed by atoms with Gasteiger partial charge in [0.25, 0.3) is 0 Å². The number of benzene rings is 1. The zero-order chi connectivity index (χ0) is 12.3. The highest BCUT2D eigenvalue weighted by Gasteiger charge is 2.16. The highest BCUT2D eigenvalue weighted by atomic mass is 16.4. The van der Waals surface area contributed by atoms with Crippen molar-refractivity contribution < 1.29 is 15.0 Å². The molecule has 0 bridgehead atoms. The van der Waals surface area contributed by atoms with E-state index in [1.807, 2.05) is 12.1 Å². The van der Waals surface area contributed by atoms with Crippen LogP contribution in [0.15, 0.2) is 24.3 Å². The summed E-state index contributed by atoms with van der Waals surface area (Å²) in [5.74, 6) is -1.21. The van der Waals surface area contributed by atoms with Crippen molar-refractivity contribution in [1.82, 2.24) is 0 Å². The van der Waals surface area contributed by atoms with Crippen LogP contribution in [0.3, 0.4) is 0 Å². The summed E-state index contributed by atoms with van der Waals surface area (Å²) in [5, 5.41) is 18.1. The third-order valence-electron chi connectivity index (χ3n) is 3.16. The number of aliphatic hydroxyl groups excluding tert-OH is 1. The van der Waals surface area contributed by atoms with Crippen molar-refractivity contribution in [2.45, 2.75) is 25.4 Å². The Morgan fingerprint density at radius 1 is 1.12 bits per heavy atom. The van der Waals surface area contributed by atoms with Crippen molar-refractivity contribution in [1.29, 1.82) is 0 Å². The highest BCUT2D eigenvalue weighted by Crippen LogP contribution is 2.22. The lowest BCUT2D eigenvalue weighted by Crippen LogP contribution is -2.29. The molecule has 1 atom stereocenters. The molecule has 0 radical (unpaired) electrons. The van der Waals surface area contributed by atoms with Gasteiger partial charge >= 0.3 is 5.97 Å². The van der Waals surface area contributed by atoms with Crippen molar-refractivity contribution in [2.75, 3.05) is 18.0 Å². The number of rotatable bonds is 3. The Morgan fingerprint density at radius 3 is 2.24 bits per heavy atom. The summed E-state index contributed by atoms with van der Waals surface area (Å²) in [7, 11) is 0. The molecule has 1 heterocycles. The molecule has 0 aliphatic carbocycles. The first-order valence-electron chi connectivity index (χ1n) is 5.94. The minimum Gasteiger partial charge on any atom is -0.479 e. The number of hydrogen-bond acceptors (Lipinski definition) is 3. The Bertz CT molecular complexity index is 382.